The Bertz CT molecular complexity index is 483. The van der Waals surface area contributed by atoms with E-state index in [9.17, 15) is 4.79 Å². The van der Waals surface area contributed by atoms with Crippen LogP contribution < -0.4 is 15.5 Å². The Labute approximate surface area is 132 Å². The summed E-state index contributed by atoms with van der Waals surface area (Å²) >= 11 is 6.10. The molecule has 0 heterocycles. The van der Waals surface area contributed by atoms with E-state index in [1.54, 1.807) is 0 Å². The zero-order chi connectivity index (χ0) is 16.0. The number of halogens is 1. The van der Waals surface area contributed by atoms with Crippen molar-refractivity contribution < 1.29 is 4.79 Å². The van der Waals surface area contributed by atoms with Crippen LogP contribution in [0.4, 0.5) is 5.69 Å². The van der Waals surface area contributed by atoms with Gasteiger partial charge in [-0.1, -0.05) is 17.7 Å². The number of rotatable bonds is 6. The Hall–Kier alpha value is -1.26. The van der Waals surface area contributed by atoms with Gasteiger partial charge in [0.15, 0.2) is 0 Å². The molecule has 4 nitrogen and oxygen atoms in total. The third kappa shape index (κ3) is 6.36. The van der Waals surface area contributed by atoms with Gasteiger partial charge in [0, 0.05) is 36.4 Å². The maximum absolute atomic E-state index is 11.7. The van der Waals surface area contributed by atoms with E-state index >= 15 is 0 Å². The van der Waals surface area contributed by atoms with E-state index < -0.39 is 0 Å². The lowest BCUT2D eigenvalue weighted by Gasteiger charge is -2.25. The van der Waals surface area contributed by atoms with Crippen molar-refractivity contribution in [1.29, 1.82) is 0 Å². The maximum Gasteiger partial charge on any atom is 0.239 e. The first-order valence-corrected chi connectivity index (χ1v) is 7.62. The monoisotopic (exact) mass is 311 g/mol. The molecule has 0 radical (unpaired) electrons. The first kappa shape index (κ1) is 17.8. The molecule has 0 spiro atoms. The summed E-state index contributed by atoms with van der Waals surface area (Å²) in [5.74, 6) is 0.00899. The van der Waals surface area contributed by atoms with Gasteiger partial charge in [-0.15, -0.1) is 0 Å². The molecule has 1 amide bonds. The van der Waals surface area contributed by atoms with Crippen molar-refractivity contribution in [3.8, 4) is 0 Å². The number of hydrogen-bond acceptors (Lipinski definition) is 3. The van der Waals surface area contributed by atoms with Crippen LogP contribution in [-0.2, 0) is 11.3 Å². The van der Waals surface area contributed by atoms with Crippen LogP contribution >= 0.6 is 11.6 Å². The van der Waals surface area contributed by atoms with Gasteiger partial charge in [-0.05, 0) is 45.4 Å². The summed E-state index contributed by atoms with van der Waals surface area (Å²) in [5.41, 5.74) is 2.14. The molecular formula is C16H26ClN3O. The van der Waals surface area contributed by atoms with Gasteiger partial charge in [0.2, 0.25) is 5.91 Å². The second-order valence-electron chi connectivity index (χ2n) is 6.19. The number of carbonyl (C=O) groups excluding carboxylic acids is 1. The van der Waals surface area contributed by atoms with Gasteiger partial charge in [-0.3, -0.25) is 4.79 Å². The van der Waals surface area contributed by atoms with Crippen LogP contribution in [0.5, 0.6) is 0 Å². The molecule has 0 saturated heterocycles. The highest BCUT2D eigenvalue weighted by Gasteiger charge is 2.14. The van der Waals surface area contributed by atoms with Crippen LogP contribution in [0, 0.1) is 0 Å². The van der Waals surface area contributed by atoms with Gasteiger partial charge < -0.3 is 15.5 Å². The van der Waals surface area contributed by atoms with Crippen molar-refractivity contribution in [3.05, 3.63) is 28.8 Å². The third-order valence-corrected chi connectivity index (χ3v) is 3.26. The normalized spacial score (nSPS) is 11.3. The molecule has 21 heavy (non-hydrogen) atoms. The van der Waals surface area contributed by atoms with Gasteiger partial charge in [0.25, 0.3) is 0 Å². The molecule has 0 aliphatic heterocycles. The molecule has 0 aliphatic rings. The van der Waals surface area contributed by atoms with Crippen LogP contribution in [0.2, 0.25) is 5.02 Å². The molecule has 0 fully saturated rings. The average molecular weight is 312 g/mol. The lowest BCUT2D eigenvalue weighted by Crippen LogP contribution is -2.37. The van der Waals surface area contributed by atoms with Gasteiger partial charge in [0.1, 0.15) is 0 Å². The van der Waals surface area contributed by atoms with E-state index in [1.165, 1.54) is 0 Å². The summed E-state index contributed by atoms with van der Waals surface area (Å²) in [6.45, 7) is 9.98. The summed E-state index contributed by atoms with van der Waals surface area (Å²) in [4.78, 5) is 13.7. The Morgan fingerprint density at radius 1 is 1.33 bits per heavy atom. The van der Waals surface area contributed by atoms with E-state index in [0.29, 0.717) is 18.1 Å². The quantitative estimate of drug-likeness (QED) is 0.849. The molecule has 1 aromatic carbocycles. The zero-order valence-corrected chi connectivity index (χ0v) is 14.3. The number of hydrogen-bond donors (Lipinski definition) is 2. The highest BCUT2D eigenvalue weighted by Crippen LogP contribution is 2.24. The number of carbonyl (C=O) groups is 1. The van der Waals surface area contributed by atoms with Crippen molar-refractivity contribution >= 4 is 23.2 Å². The van der Waals surface area contributed by atoms with Crippen LogP contribution in [0.15, 0.2) is 18.2 Å². The Balaban J connectivity index is 2.88. The van der Waals surface area contributed by atoms with Crippen molar-refractivity contribution in [3.63, 3.8) is 0 Å². The fourth-order valence-corrected chi connectivity index (χ4v) is 2.12. The summed E-state index contributed by atoms with van der Waals surface area (Å²) in [5, 5.41) is 6.94. The number of benzene rings is 1. The first-order valence-electron chi connectivity index (χ1n) is 7.24. The highest BCUT2D eigenvalue weighted by molar-refractivity contribution is 6.30. The van der Waals surface area contributed by atoms with Crippen LogP contribution in [0.3, 0.4) is 0 Å². The molecule has 2 N–H and O–H groups in total. The first-order chi connectivity index (χ1) is 9.73. The van der Waals surface area contributed by atoms with E-state index in [-0.39, 0.29) is 11.4 Å². The van der Waals surface area contributed by atoms with E-state index in [4.69, 9.17) is 11.6 Å². The summed E-state index contributed by atoms with van der Waals surface area (Å²) < 4.78 is 0. The second kappa shape index (κ2) is 7.66. The van der Waals surface area contributed by atoms with Gasteiger partial charge in [0.05, 0.1) is 6.54 Å². The number of nitrogens with one attached hydrogen (secondary N) is 2. The lowest BCUT2D eigenvalue weighted by atomic mass is 10.1. The van der Waals surface area contributed by atoms with Crippen molar-refractivity contribution in [2.75, 3.05) is 25.0 Å². The minimum Gasteiger partial charge on any atom is -0.365 e. The molecule has 1 aromatic rings. The zero-order valence-electron chi connectivity index (χ0n) is 13.6. The van der Waals surface area contributed by atoms with Gasteiger partial charge in [-0.2, -0.15) is 0 Å². The topological polar surface area (TPSA) is 44.4 Å². The molecule has 1 rings (SSSR count). The van der Waals surface area contributed by atoms with Crippen molar-refractivity contribution in [2.45, 2.75) is 39.8 Å². The van der Waals surface area contributed by atoms with Crippen molar-refractivity contribution in [1.82, 2.24) is 10.6 Å². The summed E-state index contributed by atoms with van der Waals surface area (Å²) in [6, 6.07) is 5.79. The third-order valence-electron chi connectivity index (χ3n) is 3.02. The minimum absolute atomic E-state index is 0.00899. The molecule has 0 atom stereocenters. The second-order valence-corrected chi connectivity index (χ2v) is 6.62. The number of nitrogens with zero attached hydrogens (tertiary/aromatic N) is 1. The average Bonchev–Trinajstić information content (AvgIpc) is 2.36. The fourth-order valence-electron chi connectivity index (χ4n) is 1.96. The molecule has 118 valence electrons. The van der Waals surface area contributed by atoms with Crippen LogP contribution in [-0.4, -0.2) is 31.6 Å². The molecule has 0 bridgehead atoms. The largest absolute Gasteiger partial charge is 0.365 e. The Morgan fingerprint density at radius 2 is 2.00 bits per heavy atom. The molecule has 0 unspecified atom stereocenters. The van der Waals surface area contributed by atoms with Gasteiger partial charge in [-0.25, -0.2) is 0 Å². The van der Waals surface area contributed by atoms with E-state index in [2.05, 4.69) is 31.4 Å². The predicted molar refractivity (Wildman–Crippen MR) is 90.0 cm³/mol. The van der Waals surface area contributed by atoms with Crippen LogP contribution in [0.25, 0.3) is 0 Å². The Kier molecular flexibility index (Phi) is 6.49. The van der Waals surface area contributed by atoms with E-state index in [0.717, 1.165) is 17.8 Å². The summed E-state index contributed by atoms with van der Waals surface area (Å²) in [7, 11) is 1.90. The lowest BCUT2D eigenvalue weighted by molar-refractivity contribution is -0.119. The molecular weight excluding hydrogens is 286 g/mol. The van der Waals surface area contributed by atoms with Gasteiger partial charge >= 0.3 is 0 Å². The van der Waals surface area contributed by atoms with Crippen molar-refractivity contribution in [2.24, 2.45) is 0 Å². The SMILES string of the molecule is CCNC(=O)CN(C)c1cc(Cl)ccc1CNC(C)(C)C. The smallest absolute Gasteiger partial charge is 0.239 e. The molecule has 0 aromatic heterocycles. The van der Waals surface area contributed by atoms with E-state index in [1.807, 2.05) is 37.1 Å². The maximum atomic E-state index is 11.7. The number of amides is 1. The molecule has 0 saturated carbocycles. The summed E-state index contributed by atoms with van der Waals surface area (Å²) in [6.07, 6.45) is 0. The Morgan fingerprint density at radius 3 is 2.57 bits per heavy atom. The minimum atomic E-state index is 0.00899. The van der Waals surface area contributed by atoms with Crippen LogP contribution in [0.1, 0.15) is 33.3 Å². The molecule has 5 heteroatoms. The highest BCUT2D eigenvalue weighted by atomic mass is 35.5. The molecule has 0 aliphatic carbocycles. The fraction of sp³-hybridized carbons (Fsp3) is 0.562. The number of anilines is 1. The number of likely N-dealkylation sites (N-methyl/N-ethyl adjacent to an activating group) is 2. The standard InChI is InChI=1S/C16H26ClN3O/c1-6-18-15(21)11-20(5)14-9-13(17)8-7-12(14)10-19-16(2,3)4/h7-9,19H,6,10-11H2,1-5H3,(H,18,21). The predicted octanol–water partition coefficient (Wildman–Crippen LogP) is 2.80.